The van der Waals surface area contributed by atoms with Gasteiger partial charge >= 0.3 is 106 Å². The van der Waals surface area contributed by atoms with Crippen molar-refractivity contribution in [3.63, 3.8) is 0 Å². The Balaban J connectivity index is 0.000000226. The second-order valence-electron chi connectivity index (χ2n) is 15.9. The predicted molar refractivity (Wildman–Crippen MR) is 222 cm³/mol. The minimum atomic E-state index is -1.77. The number of pyridine rings is 2. The van der Waals surface area contributed by atoms with Crippen molar-refractivity contribution < 1.29 is 24.5 Å². The van der Waals surface area contributed by atoms with Gasteiger partial charge in [-0.15, -0.1) is 18.2 Å². The van der Waals surface area contributed by atoms with E-state index in [1.807, 2.05) is 30.5 Å². The molecule has 0 atom stereocenters. The first-order valence-corrected chi connectivity index (χ1v) is 26.2. The van der Waals surface area contributed by atoms with E-state index in [0.717, 1.165) is 56.8 Å². The van der Waals surface area contributed by atoms with Crippen LogP contribution in [0.1, 0.15) is 59.9 Å². The van der Waals surface area contributed by atoms with Crippen molar-refractivity contribution in [1.29, 1.82) is 0 Å². The van der Waals surface area contributed by atoms with E-state index < -0.39 is 13.3 Å². The van der Waals surface area contributed by atoms with Crippen LogP contribution in [0.2, 0.25) is 17.3 Å². The standard InChI is InChI=1S/C33H32NO.C15H18GeN.Ir/c1-21-16-22(2)32(23(3)17-21)26-12-13-27-28-10-7-11-29(33(28)35-31(27)20-26)30-19-25(14-15-34-30)18-24-8-5-4-6-9-24;1-12-10-15(13-8-6-5-7-9-13)17-11-14(12)16(2,3)4;/h7,10,12-17,19-20,24H,4-6,8-9,18H2,1-3H3;5-8,10-11H,1-4H3;/q2*-1;. The van der Waals surface area contributed by atoms with Crippen molar-refractivity contribution >= 4 is 39.6 Å². The summed E-state index contributed by atoms with van der Waals surface area (Å²) >= 11 is -1.77. The minimum Gasteiger partial charge on any atom is -0.501 e. The maximum atomic E-state index is 6.52. The van der Waals surface area contributed by atoms with Gasteiger partial charge in [0, 0.05) is 31.7 Å². The molecule has 3 nitrogen and oxygen atoms in total. The first-order valence-electron chi connectivity index (χ1n) is 18.9. The van der Waals surface area contributed by atoms with E-state index in [-0.39, 0.29) is 20.1 Å². The summed E-state index contributed by atoms with van der Waals surface area (Å²) in [4.78, 5) is 9.32. The van der Waals surface area contributed by atoms with Crippen molar-refractivity contribution in [3.8, 4) is 33.6 Å². The molecule has 7 aromatic rings. The van der Waals surface area contributed by atoms with Gasteiger partial charge in [0.05, 0.1) is 5.58 Å². The number of aryl methyl sites for hydroxylation is 4. The Bertz CT molecular complexity index is 2330. The molecule has 0 bridgehead atoms. The van der Waals surface area contributed by atoms with E-state index in [0.29, 0.717) is 0 Å². The molecule has 8 rings (SSSR count). The van der Waals surface area contributed by atoms with Gasteiger partial charge in [-0.25, -0.2) is 0 Å². The number of fused-ring (bicyclic) bond motifs is 3. The van der Waals surface area contributed by atoms with Crippen LogP contribution in [0, 0.1) is 45.7 Å². The number of benzene rings is 4. The second-order valence-corrected chi connectivity index (χ2v) is 26.4. The topological polar surface area (TPSA) is 38.9 Å². The van der Waals surface area contributed by atoms with Crippen molar-refractivity contribution in [1.82, 2.24) is 9.97 Å². The van der Waals surface area contributed by atoms with Crippen molar-refractivity contribution in [2.75, 3.05) is 0 Å². The first-order chi connectivity index (χ1) is 25.0. The fourth-order valence-corrected chi connectivity index (χ4v) is 11.8. The third kappa shape index (κ3) is 8.78. The second kappa shape index (κ2) is 16.7. The molecule has 1 aliphatic carbocycles. The van der Waals surface area contributed by atoms with Gasteiger partial charge in [0.15, 0.2) is 0 Å². The van der Waals surface area contributed by atoms with E-state index in [1.54, 1.807) is 0 Å². The molecule has 53 heavy (non-hydrogen) atoms. The van der Waals surface area contributed by atoms with Gasteiger partial charge in [0.1, 0.15) is 5.58 Å². The molecule has 0 spiro atoms. The Hall–Kier alpha value is -3.83. The summed E-state index contributed by atoms with van der Waals surface area (Å²) in [7, 11) is 0. The average molecular weight is 936 g/mol. The summed E-state index contributed by atoms with van der Waals surface area (Å²) in [6.07, 6.45) is 12.0. The van der Waals surface area contributed by atoms with Gasteiger partial charge in [-0.05, 0) is 73.2 Å². The van der Waals surface area contributed by atoms with Crippen LogP contribution in [0.5, 0.6) is 0 Å². The number of furan rings is 1. The number of aromatic nitrogens is 2. The number of nitrogens with zero attached hydrogens (tertiary/aromatic N) is 2. The maximum absolute atomic E-state index is 6.52. The summed E-state index contributed by atoms with van der Waals surface area (Å²) in [6, 6.07) is 36.5. The normalized spacial score (nSPS) is 13.4. The van der Waals surface area contributed by atoms with Crippen LogP contribution in [-0.4, -0.2) is 23.2 Å². The van der Waals surface area contributed by atoms with Crippen LogP contribution in [0.4, 0.5) is 0 Å². The summed E-state index contributed by atoms with van der Waals surface area (Å²) < 4.78 is 8.01. The summed E-state index contributed by atoms with van der Waals surface area (Å²) in [5.41, 5.74) is 14.9. The summed E-state index contributed by atoms with van der Waals surface area (Å²) in [5.74, 6) is 8.01. The van der Waals surface area contributed by atoms with Gasteiger partial charge < -0.3 is 9.40 Å². The molecule has 1 fully saturated rings. The fourth-order valence-electron chi connectivity index (χ4n) is 8.23. The maximum Gasteiger partial charge on any atom is 0.121 e. The number of hydrogen-bond donors (Lipinski definition) is 0. The molecule has 0 saturated heterocycles. The SMILES string of the molecule is Cc1cc(-c2[c-]cccc2)nc[c]1[Ge]([CH3])([CH3])[CH3].Cc1cc(C)c(-c2ccc3c(c2)oc2c(-c4cc(CC5CCCCC5)ccn4)[c-]ccc23)c(C)c1.[Ir]. The molecule has 3 heterocycles. The zero-order valence-corrected chi connectivity index (χ0v) is 36.7. The van der Waals surface area contributed by atoms with Gasteiger partial charge in [0.25, 0.3) is 0 Å². The molecule has 5 heteroatoms. The van der Waals surface area contributed by atoms with Crippen LogP contribution in [-0.2, 0) is 26.5 Å². The van der Waals surface area contributed by atoms with E-state index in [9.17, 15) is 0 Å². The van der Waals surface area contributed by atoms with Crippen molar-refractivity contribution in [3.05, 3.63) is 137 Å². The van der Waals surface area contributed by atoms with Crippen LogP contribution < -0.4 is 4.40 Å². The van der Waals surface area contributed by atoms with Crippen molar-refractivity contribution in [2.24, 2.45) is 5.92 Å². The molecule has 273 valence electrons. The zero-order chi connectivity index (χ0) is 36.4. The Labute approximate surface area is 332 Å². The average Bonchev–Trinajstić information content (AvgIpc) is 3.50. The molecule has 0 aliphatic heterocycles. The van der Waals surface area contributed by atoms with E-state index in [2.05, 4.69) is 129 Å². The molecule has 0 N–H and O–H groups in total. The molecule has 1 aliphatic rings. The van der Waals surface area contributed by atoms with Gasteiger partial charge in [-0.2, -0.15) is 0 Å². The first kappa shape index (κ1) is 38.9. The smallest absolute Gasteiger partial charge is 0.121 e. The third-order valence-electron chi connectivity index (χ3n) is 10.6. The molecule has 0 amide bonds. The molecular formula is C48H50GeIrN2O-2. The van der Waals surface area contributed by atoms with Crippen LogP contribution in [0.25, 0.3) is 55.6 Å². The van der Waals surface area contributed by atoms with Gasteiger partial charge in [-0.1, -0.05) is 84.5 Å². The molecule has 0 unspecified atom stereocenters. The van der Waals surface area contributed by atoms with E-state index in [1.165, 1.54) is 75.4 Å². The largest absolute Gasteiger partial charge is 0.501 e. The molecule has 1 radical (unpaired) electrons. The Morgan fingerprint density at radius 1 is 0.736 bits per heavy atom. The van der Waals surface area contributed by atoms with E-state index >= 15 is 0 Å². The van der Waals surface area contributed by atoms with Crippen LogP contribution >= 0.6 is 0 Å². The van der Waals surface area contributed by atoms with Crippen LogP contribution in [0.15, 0.2) is 102 Å². The van der Waals surface area contributed by atoms with Crippen LogP contribution in [0.3, 0.4) is 0 Å². The number of rotatable bonds is 6. The molecular weight excluding hydrogens is 885 g/mol. The Morgan fingerprint density at radius 2 is 1.51 bits per heavy atom. The van der Waals surface area contributed by atoms with E-state index in [4.69, 9.17) is 9.40 Å². The third-order valence-corrected chi connectivity index (χ3v) is 15.1. The summed E-state index contributed by atoms with van der Waals surface area (Å²) in [5, 5.41) is 2.26. The number of hydrogen-bond acceptors (Lipinski definition) is 3. The molecule has 1 saturated carbocycles. The minimum absolute atomic E-state index is 0. The van der Waals surface area contributed by atoms with Gasteiger partial charge in [0.2, 0.25) is 0 Å². The molecule has 4 aromatic carbocycles. The Morgan fingerprint density at radius 3 is 2.21 bits per heavy atom. The zero-order valence-electron chi connectivity index (χ0n) is 32.2. The molecule has 3 aromatic heterocycles. The fraction of sp³-hybridized carbons (Fsp3) is 0.292. The van der Waals surface area contributed by atoms with Crippen molar-refractivity contribution in [2.45, 2.75) is 83.5 Å². The Kier molecular flexibility index (Phi) is 12.2. The summed E-state index contributed by atoms with van der Waals surface area (Å²) in [6.45, 7) is 8.73. The quantitative estimate of drug-likeness (QED) is 0.123. The van der Waals surface area contributed by atoms with Gasteiger partial charge in [-0.3, -0.25) is 0 Å². The predicted octanol–water partition coefficient (Wildman–Crippen LogP) is 12.6. The monoisotopic (exact) mass is 937 g/mol.